The fourth-order valence-electron chi connectivity index (χ4n) is 3.74. The van der Waals surface area contributed by atoms with Gasteiger partial charge in [-0.15, -0.1) is 12.6 Å². The second kappa shape index (κ2) is 9.48. The Kier molecular flexibility index (Phi) is 6.08. The Bertz CT molecular complexity index is 1520. The number of oxazole rings is 1. The number of aromatic hydroxyl groups is 1. The molecule has 35 heavy (non-hydrogen) atoms. The largest absolute Gasteiger partial charge is 0.507 e. The molecule has 0 saturated heterocycles. The second-order valence-corrected chi connectivity index (χ2v) is 8.29. The number of thiol groups is 1. The summed E-state index contributed by atoms with van der Waals surface area (Å²) in [5, 5.41) is 13.1. The third-order valence-corrected chi connectivity index (χ3v) is 5.74. The van der Waals surface area contributed by atoms with Crippen LogP contribution < -0.4 is 5.32 Å². The number of nitrogens with zero attached hydrogens (tertiary/aromatic N) is 1. The van der Waals surface area contributed by atoms with Gasteiger partial charge in [-0.05, 0) is 48.0 Å². The fourth-order valence-corrected chi connectivity index (χ4v) is 3.89. The number of anilines is 1. The zero-order valence-electron chi connectivity index (χ0n) is 18.3. The fraction of sp³-hybridized carbons (Fsp3) is 0. The molecule has 1 heterocycles. The van der Waals surface area contributed by atoms with E-state index in [1.165, 1.54) is 12.1 Å². The van der Waals surface area contributed by atoms with Crippen LogP contribution in [0.4, 0.5) is 10.3 Å². The van der Waals surface area contributed by atoms with Crippen molar-refractivity contribution in [3.8, 4) is 39.6 Å². The summed E-state index contributed by atoms with van der Waals surface area (Å²) in [6, 6.07) is 27.1. The Morgan fingerprint density at radius 2 is 1.57 bits per heavy atom. The van der Waals surface area contributed by atoms with Crippen molar-refractivity contribution < 1.29 is 18.7 Å². The summed E-state index contributed by atoms with van der Waals surface area (Å²) in [7, 11) is 0. The number of hydrogen-bond acceptors (Lipinski definition) is 5. The van der Waals surface area contributed by atoms with Gasteiger partial charge in [-0.25, -0.2) is 9.37 Å². The third-order valence-electron chi connectivity index (χ3n) is 5.44. The summed E-state index contributed by atoms with van der Waals surface area (Å²) >= 11 is 4.32. The van der Waals surface area contributed by atoms with Crippen LogP contribution in [0, 0.1) is 5.82 Å². The number of hydrogen-bond donors (Lipinski definition) is 3. The van der Waals surface area contributed by atoms with Crippen LogP contribution in [-0.2, 0) is 0 Å². The maximum absolute atomic E-state index is 13.5. The maximum Gasteiger partial charge on any atom is 0.258 e. The van der Waals surface area contributed by atoms with Gasteiger partial charge >= 0.3 is 0 Å². The zero-order valence-corrected chi connectivity index (χ0v) is 19.2. The molecule has 4 aromatic carbocycles. The lowest BCUT2D eigenvalue weighted by Crippen LogP contribution is -2.13. The molecule has 1 aromatic heterocycles. The van der Waals surface area contributed by atoms with Gasteiger partial charge in [0.2, 0.25) is 11.8 Å². The molecule has 0 atom stereocenters. The van der Waals surface area contributed by atoms with Gasteiger partial charge in [0.05, 0.1) is 0 Å². The first-order valence-electron chi connectivity index (χ1n) is 10.7. The summed E-state index contributed by atoms with van der Waals surface area (Å²) in [5.41, 5.74) is 3.06. The monoisotopic (exact) mass is 482 g/mol. The summed E-state index contributed by atoms with van der Waals surface area (Å²) in [6.07, 6.45) is 0. The van der Waals surface area contributed by atoms with Gasteiger partial charge < -0.3 is 9.52 Å². The second-order valence-electron chi connectivity index (χ2n) is 7.77. The van der Waals surface area contributed by atoms with Crippen LogP contribution in [-0.4, -0.2) is 16.0 Å². The number of benzene rings is 4. The number of halogens is 1. The average Bonchev–Trinajstić information content (AvgIpc) is 3.29. The number of phenols is 1. The highest BCUT2D eigenvalue weighted by atomic mass is 32.1. The van der Waals surface area contributed by atoms with Gasteiger partial charge in [0.25, 0.3) is 5.91 Å². The van der Waals surface area contributed by atoms with E-state index >= 15 is 0 Å². The van der Waals surface area contributed by atoms with Crippen molar-refractivity contribution in [1.82, 2.24) is 4.98 Å². The van der Waals surface area contributed by atoms with E-state index in [0.29, 0.717) is 22.7 Å². The molecule has 0 spiro atoms. The Morgan fingerprint density at radius 3 is 2.31 bits per heavy atom. The minimum absolute atomic E-state index is 0.185. The van der Waals surface area contributed by atoms with E-state index in [-0.39, 0.29) is 17.2 Å². The highest BCUT2D eigenvalue weighted by Gasteiger charge is 2.21. The minimum Gasteiger partial charge on any atom is -0.507 e. The molecule has 5 aromatic rings. The normalized spacial score (nSPS) is 10.8. The van der Waals surface area contributed by atoms with Gasteiger partial charge in [-0.1, -0.05) is 48.5 Å². The van der Waals surface area contributed by atoms with Crippen LogP contribution in [0.3, 0.4) is 0 Å². The maximum atomic E-state index is 13.5. The van der Waals surface area contributed by atoms with E-state index in [1.54, 1.807) is 24.3 Å². The molecule has 0 aliphatic carbocycles. The quantitative estimate of drug-likeness (QED) is 0.234. The molecule has 5 rings (SSSR count). The Hall–Kier alpha value is -4.36. The summed E-state index contributed by atoms with van der Waals surface area (Å²) in [5.74, 6) is -0.762. The first-order valence-corrected chi connectivity index (χ1v) is 11.2. The molecule has 5 nitrogen and oxygen atoms in total. The summed E-state index contributed by atoms with van der Waals surface area (Å²) < 4.78 is 19.5. The molecule has 1 amide bonds. The van der Waals surface area contributed by atoms with Crippen LogP contribution >= 0.6 is 12.6 Å². The Balaban J connectivity index is 1.55. The molecular formula is C28H19FN2O3S. The van der Waals surface area contributed by atoms with Gasteiger partial charge in [0, 0.05) is 33.2 Å². The average molecular weight is 483 g/mol. The number of carbonyl (C=O) groups is 1. The first kappa shape index (κ1) is 22.4. The van der Waals surface area contributed by atoms with Crippen molar-refractivity contribution in [3.05, 3.63) is 108 Å². The Labute approximate surface area is 206 Å². The van der Waals surface area contributed by atoms with Crippen LogP contribution in [0.25, 0.3) is 33.8 Å². The molecule has 7 heteroatoms. The zero-order chi connectivity index (χ0) is 24.4. The molecule has 0 saturated carbocycles. The highest BCUT2D eigenvalue weighted by Crippen LogP contribution is 2.35. The number of phenolic OH excluding ortho intramolecular Hbond substituents is 1. The molecule has 0 bridgehead atoms. The van der Waals surface area contributed by atoms with Crippen molar-refractivity contribution in [2.24, 2.45) is 0 Å². The third kappa shape index (κ3) is 4.67. The molecular weight excluding hydrogens is 463 g/mol. The van der Waals surface area contributed by atoms with E-state index < -0.39 is 11.7 Å². The molecule has 0 aliphatic heterocycles. The van der Waals surface area contributed by atoms with Crippen molar-refractivity contribution in [1.29, 1.82) is 0 Å². The van der Waals surface area contributed by atoms with Crippen molar-refractivity contribution in [3.63, 3.8) is 0 Å². The molecule has 2 N–H and O–H groups in total. The molecule has 0 aliphatic rings. The molecule has 0 radical (unpaired) electrons. The lowest BCUT2D eigenvalue weighted by Gasteiger charge is -2.11. The SMILES string of the molecule is O=C(Nc1oc(-c2ccc(S)cc2)nc1-c1ccccc1)c1ccccc1-c1ccc(F)cc1O. The van der Waals surface area contributed by atoms with E-state index in [0.717, 1.165) is 22.1 Å². The molecule has 0 fully saturated rings. The predicted molar refractivity (Wildman–Crippen MR) is 136 cm³/mol. The number of aromatic nitrogens is 1. The van der Waals surface area contributed by atoms with Gasteiger partial charge in [-0.2, -0.15) is 0 Å². The predicted octanol–water partition coefficient (Wildman–Crippen LogP) is 7.06. The van der Waals surface area contributed by atoms with Crippen molar-refractivity contribution >= 4 is 24.4 Å². The number of carbonyl (C=O) groups excluding carboxylic acids is 1. The van der Waals surface area contributed by atoms with Crippen LogP contribution in [0.1, 0.15) is 10.4 Å². The van der Waals surface area contributed by atoms with E-state index in [2.05, 4.69) is 22.9 Å². The van der Waals surface area contributed by atoms with Crippen LogP contribution in [0.2, 0.25) is 0 Å². The summed E-state index contributed by atoms with van der Waals surface area (Å²) in [6.45, 7) is 0. The van der Waals surface area contributed by atoms with Crippen LogP contribution in [0.15, 0.2) is 106 Å². The number of amides is 1. The van der Waals surface area contributed by atoms with E-state index in [9.17, 15) is 14.3 Å². The standard InChI is InChI=1S/C28H19FN2O3S/c29-19-12-15-22(24(32)16-19)21-8-4-5-9-23(21)26(33)31-28-25(17-6-2-1-3-7-17)30-27(34-28)18-10-13-20(35)14-11-18/h1-16,32,35H,(H,31,33). The van der Waals surface area contributed by atoms with E-state index in [1.807, 2.05) is 54.6 Å². The first-order chi connectivity index (χ1) is 17.0. The van der Waals surface area contributed by atoms with Crippen LogP contribution in [0.5, 0.6) is 5.75 Å². The molecule has 172 valence electrons. The number of nitrogens with one attached hydrogen (secondary N) is 1. The molecule has 0 unspecified atom stereocenters. The van der Waals surface area contributed by atoms with Gasteiger partial charge in [0.15, 0.2) is 0 Å². The summed E-state index contributed by atoms with van der Waals surface area (Å²) in [4.78, 5) is 18.8. The van der Waals surface area contributed by atoms with Crippen molar-refractivity contribution in [2.45, 2.75) is 4.90 Å². The smallest absolute Gasteiger partial charge is 0.258 e. The van der Waals surface area contributed by atoms with E-state index in [4.69, 9.17) is 4.42 Å². The van der Waals surface area contributed by atoms with Crippen molar-refractivity contribution in [2.75, 3.05) is 5.32 Å². The topological polar surface area (TPSA) is 75.4 Å². The number of rotatable bonds is 5. The minimum atomic E-state index is -0.569. The van der Waals surface area contributed by atoms with Gasteiger partial charge in [-0.3, -0.25) is 10.1 Å². The Morgan fingerprint density at radius 1 is 0.857 bits per heavy atom. The lowest BCUT2D eigenvalue weighted by molar-refractivity contribution is 0.102. The highest BCUT2D eigenvalue weighted by molar-refractivity contribution is 7.80. The van der Waals surface area contributed by atoms with Gasteiger partial charge in [0.1, 0.15) is 17.3 Å². The lowest BCUT2D eigenvalue weighted by atomic mass is 9.98.